The molecular weight excluding hydrogens is 307 g/mol. The van der Waals surface area contributed by atoms with Gasteiger partial charge in [0, 0.05) is 37.8 Å². The Bertz CT molecular complexity index is 727. The van der Waals surface area contributed by atoms with Gasteiger partial charge in [-0.2, -0.15) is 0 Å². The van der Waals surface area contributed by atoms with Gasteiger partial charge in [0.05, 0.1) is 0 Å². The average Bonchev–Trinajstić information content (AvgIpc) is 2.60. The van der Waals surface area contributed by atoms with E-state index in [0.717, 1.165) is 18.7 Å². The summed E-state index contributed by atoms with van der Waals surface area (Å²) in [6.07, 6.45) is 0. The predicted octanol–water partition coefficient (Wildman–Crippen LogP) is 3.05. The van der Waals surface area contributed by atoms with Gasteiger partial charge in [-0.1, -0.05) is 18.2 Å². The normalized spacial score (nSPS) is 16.8. The standard InChI is InChI=1S/C19H21FN2O2/c1-14(15-4-2-6-17(20)12-15)21-8-10-22(11-9-21)19(24)16-5-3-7-18(23)13-16/h2-7,12-14,23H,8-11H2,1H3. The Morgan fingerprint density at radius 1 is 1.08 bits per heavy atom. The van der Waals surface area contributed by atoms with E-state index in [1.165, 1.54) is 12.1 Å². The number of hydrogen-bond donors (Lipinski definition) is 1. The first-order chi connectivity index (χ1) is 11.5. The van der Waals surface area contributed by atoms with Crippen LogP contribution in [0.3, 0.4) is 0 Å². The van der Waals surface area contributed by atoms with Crippen molar-refractivity contribution in [3.8, 4) is 5.75 Å². The minimum atomic E-state index is -0.225. The SMILES string of the molecule is CC(c1cccc(F)c1)N1CCN(C(=O)c2cccc(O)c2)CC1. The van der Waals surface area contributed by atoms with E-state index in [9.17, 15) is 14.3 Å². The van der Waals surface area contributed by atoms with Crippen LogP contribution in [0.5, 0.6) is 5.75 Å². The zero-order chi connectivity index (χ0) is 17.1. The lowest BCUT2D eigenvalue weighted by Gasteiger charge is -2.38. The van der Waals surface area contributed by atoms with Crippen LogP contribution < -0.4 is 0 Å². The molecule has 0 spiro atoms. The van der Waals surface area contributed by atoms with Crippen molar-refractivity contribution in [1.82, 2.24) is 9.80 Å². The van der Waals surface area contributed by atoms with E-state index in [1.54, 1.807) is 35.2 Å². The number of amides is 1. The monoisotopic (exact) mass is 328 g/mol. The van der Waals surface area contributed by atoms with Gasteiger partial charge < -0.3 is 10.0 Å². The van der Waals surface area contributed by atoms with Gasteiger partial charge in [0.2, 0.25) is 0 Å². The molecule has 24 heavy (non-hydrogen) atoms. The average molecular weight is 328 g/mol. The van der Waals surface area contributed by atoms with Gasteiger partial charge in [-0.15, -0.1) is 0 Å². The number of phenols is 1. The summed E-state index contributed by atoms with van der Waals surface area (Å²) in [5, 5.41) is 9.51. The van der Waals surface area contributed by atoms with Gasteiger partial charge >= 0.3 is 0 Å². The fraction of sp³-hybridized carbons (Fsp3) is 0.316. The lowest BCUT2D eigenvalue weighted by molar-refractivity contribution is 0.0581. The summed E-state index contributed by atoms with van der Waals surface area (Å²) in [5.74, 6) is -0.194. The number of hydrogen-bond acceptors (Lipinski definition) is 3. The Kier molecular flexibility index (Phi) is 4.81. The largest absolute Gasteiger partial charge is 0.508 e. The molecule has 0 bridgehead atoms. The van der Waals surface area contributed by atoms with Crippen LogP contribution in [0.2, 0.25) is 0 Å². The maximum atomic E-state index is 13.4. The number of halogens is 1. The second-order valence-corrected chi connectivity index (χ2v) is 6.11. The molecule has 1 amide bonds. The first-order valence-corrected chi connectivity index (χ1v) is 8.12. The quantitative estimate of drug-likeness (QED) is 0.942. The molecule has 4 nitrogen and oxygen atoms in total. The molecule has 1 heterocycles. The number of carbonyl (C=O) groups is 1. The molecule has 0 aliphatic carbocycles. The predicted molar refractivity (Wildman–Crippen MR) is 90.4 cm³/mol. The molecule has 1 N–H and O–H groups in total. The summed E-state index contributed by atoms with van der Waals surface area (Å²) in [6, 6.07) is 13.2. The lowest BCUT2D eigenvalue weighted by Crippen LogP contribution is -2.49. The molecule has 3 rings (SSSR count). The van der Waals surface area contributed by atoms with E-state index in [4.69, 9.17) is 0 Å². The van der Waals surface area contributed by atoms with Crippen LogP contribution in [0.4, 0.5) is 4.39 Å². The van der Waals surface area contributed by atoms with Crippen molar-refractivity contribution in [2.45, 2.75) is 13.0 Å². The van der Waals surface area contributed by atoms with E-state index in [1.807, 2.05) is 6.07 Å². The van der Waals surface area contributed by atoms with Gasteiger partial charge in [0.1, 0.15) is 11.6 Å². The topological polar surface area (TPSA) is 43.8 Å². The third-order valence-corrected chi connectivity index (χ3v) is 4.57. The number of aromatic hydroxyl groups is 1. The number of phenolic OH excluding ortho intramolecular Hbond substituents is 1. The Morgan fingerprint density at radius 2 is 1.79 bits per heavy atom. The van der Waals surface area contributed by atoms with E-state index < -0.39 is 0 Å². The van der Waals surface area contributed by atoms with Crippen molar-refractivity contribution in [3.63, 3.8) is 0 Å². The summed E-state index contributed by atoms with van der Waals surface area (Å²) in [4.78, 5) is 16.5. The molecule has 126 valence electrons. The molecule has 0 saturated carbocycles. The zero-order valence-electron chi connectivity index (χ0n) is 13.7. The minimum Gasteiger partial charge on any atom is -0.508 e. The Labute approximate surface area is 141 Å². The Balaban J connectivity index is 1.62. The smallest absolute Gasteiger partial charge is 0.254 e. The molecule has 0 aromatic heterocycles. The van der Waals surface area contributed by atoms with Crippen molar-refractivity contribution in [2.75, 3.05) is 26.2 Å². The van der Waals surface area contributed by atoms with Crippen LogP contribution in [0.25, 0.3) is 0 Å². The highest BCUT2D eigenvalue weighted by atomic mass is 19.1. The number of nitrogens with zero attached hydrogens (tertiary/aromatic N) is 2. The van der Waals surface area contributed by atoms with Gasteiger partial charge in [-0.25, -0.2) is 4.39 Å². The second kappa shape index (κ2) is 7.01. The molecule has 2 aromatic carbocycles. The molecule has 5 heteroatoms. The maximum absolute atomic E-state index is 13.4. The van der Waals surface area contributed by atoms with Crippen molar-refractivity contribution in [3.05, 3.63) is 65.5 Å². The van der Waals surface area contributed by atoms with Crippen molar-refractivity contribution < 1.29 is 14.3 Å². The van der Waals surface area contributed by atoms with Crippen molar-refractivity contribution in [2.24, 2.45) is 0 Å². The Morgan fingerprint density at radius 3 is 2.46 bits per heavy atom. The highest BCUT2D eigenvalue weighted by Crippen LogP contribution is 2.23. The minimum absolute atomic E-state index is 0.0658. The fourth-order valence-corrected chi connectivity index (χ4v) is 3.11. The number of piperazine rings is 1. The van der Waals surface area contributed by atoms with Gasteiger partial charge in [0.15, 0.2) is 0 Å². The summed E-state index contributed by atoms with van der Waals surface area (Å²) in [5.41, 5.74) is 1.45. The zero-order valence-corrected chi connectivity index (χ0v) is 13.7. The number of carbonyl (C=O) groups excluding carboxylic acids is 1. The third kappa shape index (κ3) is 3.57. The molecule has 1 aliphatic rings. The first kappa shape index (κ1) is 16.5. The highest BCUT2D eigenvalue weighted by molar-refractivity contribution is 5.94. The molecule has 1 aliphatic heterocycles. The first-order valence-electron chi connectivity index (χ1n) is 8.12. The fourth-order valence-electron chi connectivity index (χ4n) is 3.11. The molecular formula is C19H21FN2O2. The van der Waals surface area contributed by atoms with Crippen LogP contribution in [-0.4, -0.2) is 47.0 Å². The molecule has 1 atom stereocenters. The maximum Gasteiger partial charge on any atom is 0.254 e. The number of benzene rings is 2. The van der Waals surface area contributed by atoms with Crippen LogP contribution in [-0.2, 0) is 0 Å². The highest BCUT2D eigenvalue weighted by Gasteiger charge is 2.25. The summed E-state index contributed by atoms with van der Waals surface area (Å²) in [6.45, 7) is 4.77. The molecule has 2 aromatic rings. The van der Waals surface area contributed by atoms with Crippen LogP contribution >= 0.6 is 0 Å². The molecule has 1 unspecified atom stereocenters. The second-order valence-electron chi connectivity index (χ2n) is 6.11. The lowest BCUT2D eigenvalue weighted by atomic mass is 10.1. The molecule has 1 saturated heterocycles. The van der Waals surface area contributed by atoms with E-state index in [-0.39, 0.29) is 23.5 Å². The third-order valence-electron chi connectivity index (χ3n) is 4.57. The van der Waals surface area contributed by atoms with Crippen molar-refractivity contribution >= 4 is 5.91 Å². The van der Waals surface area contributed by atoms with Gasteiger partial charge in [-0.3, -0.25) is 9.69 Å². The van der Waals surface area contributed by atoms with Crippen LogP contribution in [0.15, 0.2) is 48.5 Å². The van der Waals surface area contributed by atoms with E-state index >= 15 is 0 Å². The molecule has 0 radical (unpaired) electrons. The molecule has 1 fully saturated rings. The summed E-state index contributed by atoms with van der Waals surface area (Å²) < 4.78 is 13.4. The van der Waals surface area contributed by atoms with Crippen LogP contribution in [0, 0.1) is 5.82 Å². The van der Waals surface area contributed by atoms with Crippen LogP contribution in [0.1, 0.15) is 28.9 Å². The van der Waals surface area contributed by atoms with Gasteiger partial charge in [-0.05, 0) is 42.8 Å². The van der Waals surface area contributed by atoms with Gasteiger partial charge in [0.25, 0.3) is 5.91 Å². The Hall–Kier alpha value is -2.40. The van der Waals surface area contributed by atoms with Crippen molar-refractivity contribution in [1.29, 1.82) is 0 Å². The summed E-state index contributed by atoms with van der Waals surface area (Å²) >= 11 is 0. The number of rotatable bonds is 3. The van der Waals surface area contributed by atoms with E-state index in [0.29, 0.717) is 18.7 Å². The van der Waals surface area contributed by atoms with E-state index in [2.05, 4.69) is 11.8 Å². The summed E-state index contributed by atoms with van der Waals surface area (Å²) in [7, 11) is 0.